The second-order valence-electron chi connectivity index (χ2n) is 3.00. The van der Waals surface area contributed by atoms with Crippen LogP contribution in [0.3, 0.4) is 0 Å². The number of amides is 2. The van der Waals surface area contributed by atoms with Crippen LogP contribution in [0.4, 0.5) is 0 Å². The molecule has 2 N–H and O–H groups in total. The summed E-state index contributed by atoms with van der Waals surface area (Å²) >= 11 is 0. The van der Waals surface area contributed by atoms with Gasteiger partial charge in [-0.05, 0) is 6.07 Å². The molecule has 15 heavy (non-hydrogen) atoms. The molecule has 1 heterocycles. The average Bonchev–Trinajstić information content (AvgIpc) is 2.23. The summed E-state index contributed by atoms with van der Waals surface area (Å²) in [6.07, 6.45) is 0. The third-order valence-corrected chi connectivity index (χ3v) is 2.06. The number of carbonyl (C=O) groups is 3. The summed E-state index contributed by atoms with van der Waals surface area (Å²) in [7, 11) is 0. The van der Waals surface area contributed by atoms with E-state index in [1.165, 1.54) is 12.1 Å². The van der Waals surface area contributed by atoms with Gasteiger partial charge in [-0.3, -0.25) is 14.4 Å². The molecule has 2 amide bonds. The molecule has 0 fully saturated rings. The highest BCUT2D eigenvalue weighted by Crippen LogP contribution is 2.16. The van der Waals surface area contributed by atoms with Gasteiger partial charge in [-0.15, -0.1) is 0 Å². The first-order valence-corrected chi connectivity index (χ1v) is 4.18. The van der Waals surface area contributed by atoms with E-state index < -0.39 is 23.3 Å². The van der Waals surface area contributed by atoms with E-state index in [0.717, 1.165) is 0 Å². The minimum atomic E-state index is -0.983. The van der Waals surface area contributed by atoms with Crippen molar-refractivity contribution in [1.82, 2.24) is 0 Å². The van der Waals surface area contributed by atoms with Crippen molar-refractivity contribution in [3.05, 3.63) is 35.4 Å². The van der Waals surface area contributed by atoms with Crippen LogP contribution in [0.5, 0.6) is 0 Å². The van der Waals surface area contributed by atoms with E-state index in [1.807, 2.05) is 0 Å². The molecule has 0 radical (unpaired) electrons. The van der Waals surface area contributed by atoms with Crippen molar-refractivity contribution in [3.8, 4) is 0 Å². The lowest BCUT2D eigenvalue weighted by molar-refractivity contribution is -0.111. The van der Waals surface area contributed by atoms with Gasteiger partial charge in [0.05, 0.1) is 5.56 Å². The van der Waals surface area contributed by atoms with E-state index >= 15 is 0 Å². The van der Waals surface area contributed by atoms with Gasteiger partial charge in [0, 0.05) is 5.56 Å². The Morgan fingerprint density at radius 2 is 1.73 bits per heavy atom. The molecule has 0 aromatic heterocycles. The summed E-state index contributed by atoms with van der Waals surface area (Å²) < 4.78 is 0. The number of carbonyl (C=O) groups excluding carboxylic acids is 3. The van der Waals surface area contributed by atoms with Crippen LogP contribution in [-0.2, 0) is 4.79 Å². The van der Waals surface area contributed by atoms with Gasteiger partial charge in [-0.2, -0.15) is 4.99 Å². The second kappa shape index (κ2) is 3.13. The zero-order valence-corrected chi connectivity index (χ0v) is 7.56. The number of Topliss-reactive ketones (excluding diaryl/α,β-unsaturated/α-hetero) is 1. The van der Waals surface area contributed by atoms with Gasteiger partial charge in [0.2, 0.25) is 5.78 Å². The Labute approximate surface area is 84.6 Å². The topological polar surface area (TPSA) is 89.6 Å². The first-order valence-electron chi connectivity index (χ1n) is 4.18. The Hall–Kier alpha value is -2.30. The predicted molar refractivity (Wildman–Crippen MR) is 51.7 cm³/mol. The zero-order chi connectivity index (χ0) is 11.0. The average molecular weight is 202 g/mol. The Morgan fingerprint density at radius 1 is 1.13 bits per heavy atom. The highest BCUT2D eigenvalue weighted by atomic mass is 16.2. The van der Waals surface area contributed by atoms with Crippen molar-refractivity contribution in [2.75, 3.05) is 0 Å². The van der Waals surface area contributed by atoms with Gasteiger partial charge < -0.3 is 5.73 Å². The smallest absolute Gasteiger partial charge is 0.278 e. The number of hydrogen-bond acceptors (Lipinski definition) is 3. The van der Waals surface area contributed by atoms with E-state index in [2.05, 4.69) is 4.99 Å². The Bertz CT molecular complexity index is 517. The van der Waals surface area contributed by atoms with Gasteiger partial charge in [-0.1, -0.05) is 18.2 Å². The molecule has 5 heteroatoms. The van der Waals surface area contributed by atoms with Crippen LogP contribution in [0.25, 0.3) is 0 Å². The maximum absolute atomic E-state index is 11.6. The Kier molecular flexibility index (Phi) is 1.93. The quantitative estimate of drug-likeness (QED) is 0.692. The van der Waals surface area contributed by atoms with Crippen molar-refractivity contribution in [1.29, 1.82) is 0 Å². The number of fused-ring (bicyclic) bond motifs is 1. The van der Waals surface area contributed by atoms with Crippen LogP contribution in [0.15, 0.2) is 29.3 Å². The molecule has 74 valence electrons. The maximum Gasteiger partial charge on any atom is 0.278 e. The molecule has 0 atom stereocenters. The molecule has 1 aliphatic rings. The van der Waals surface area contributed by atoms with Crippen LogP contribution in [-0.4, -0.2) is 23.3 Å². The molecule has 0 spiro atoms. The lowest BCUT2D eigenvalue weighted by Gasteiger charge is -2.10. The van der Waals surface area contributed by atoms with Gasteiger partial charge in [0.1, 0.15) is 0 Å². The van der Waals surface area contributed by atoms with Crippen LogP contribution < -0.4 is 5.73 Å². The maximum atomic E-state index is 11.6. The molecule has 0 saturated carbocycles. The van der Waals surface area contributed by atoms with Crippen molar-refractivity contribution in [2.24, 2.45) is 10.7 Å². The van der Waals surface area contributed by atoms with Crippen molar-refractivity contribution >= 4 is 23.3 Å². The molecular formula is C10H6N2O3. The van der Waals surface area contributed by atoms with E-state index in [9.17, 15) is 14.4 Å². The first kappa shape index (κ1) is 9.26. The second-order valence-corrected chi connectivity index (χ2v) is 3.00. The molecule has 0 saturated heterocycles. The standard InChI is InChI=1S/C10H6N2O3/c11-9(14)7-8(13)5-3-1-2-4-6(5)10(15)12-7/h1-4H,(H2,11,14). The highest BCUT2D eigenvalue weighted by Gasteiger charge is 2.29. The monoisotopic (exact) mass is 202 g/mol. The van der Waals surface area contributed by atoms with Crippen LogP contribution in [0, 0.1) is 0 Å². The highest BCUT2D eigenvalue weighted by molar-refractivity contribution is 6.70. The predicted octanol–water partition coefficient (Wildman–Crippen LogP) is -0.0506. The summed E-state index contributed by atoms with van der Waals surface area (Å²) in [6.45, 7) is 0. The third kappa shape index (κ3) is 1.34. The van der Waals surface area contributed by atoms with Crippen LogP contribution >= 0.6 is 0 Å². The van der Waals surface area contributed by atoms with Crippen LogP contribution in [0.2, 0.25) is 0 Å². The van der Waals surface area contributed by atoms with E-state index in [1.54, 1.807) is 12.1 Å². The number of nitrogens with two attached hydrogens (primary N) is 1. The number of primary amides is 1. The first-order chi connectivity index (χ1) is 7.11. The normalized spacial score (nSPS) is 14.5. The molecule has 1 aromatic rings. The minimum absolute atomic E-state index is 0.173. The fraction of sp³-hybridized carbons (Fsp3) is 0. The molecule has 1 aromatic carbocycles. The lowest BCUT2D eigenvalue weighted by Crippen LogP contribution is -2.35. The van der Waals surface area contributed by atoms with Crippen molar-refractivity contribution in [3.63, 3.8) is 0 Å². The summed E-state index contributed by atoms with van der Waals surface area (Å²) in [5, 5.41) is 0. The zero-order valence-electron chi connectivity index (χ0n) is 7.56. The fourth-order valence-electron chi connectivity index (χ4n) is 1.37. The van der Waals surface area contributed by atoms with E-state index in [-0.39, 0.29) is 11.1 Å². The SMILES string of the molecule is NC(=O)C1=NC(=O)c2ccccc2C1=O. The molecule has 0 aliphatic carbocycles. The number of benzene rings is 1. The van der Waals surface area contributed by atoms with Gasteiger partial charge in [0.15, 0.2) is 5.71 Å². The lowest BCUT2D eigenvalue weighted by atomic mass is 9.97. The Morgan fingerprint density at radius 3 is 2.33 bits per heavy atom. The molecule has 2 rings (SSSR count). The number of hydrogen-bond donors (Lipinski definition) is 1. The number of aliphatic imine (C=N–C) groups is 1. The molecule has 5 nitrogen and oxygen atoms in total. The fourth-order valence-corrected chi connectivity index (χ4v) is 1.37. The Balaban J connectivity index is 2.64. The summed E-state index contributed by atoms with van der Waals surface area (Å²) in [5.41, 5.74) is 4.81. The molecular weight excluding hydrogens is 196 g/mol. The van der Waals surface area contributed by atoms with Gasteiger partial charge >= 0.3 is 0 Å². The number of rotatable bonds is 1. The largest absolute Gasteiger partial charge is 0.364 e. The molecule has 0 unspecified atom stereocenters. The van der Waals surface area contributed by atoms with E-state index in [0.29, 0.717) is 0 Å². The van der Waals surface area contributed by atoms with Crippen LogP contribution in [0.1, 0.15) is 20.7 Å². The van der Waals surface area contributed by atoms with Crippen molar-refractivity contribution in [2.45, 2.75) is 0 Å². The molecule has 1 aliphatic heterocycles. The summed E-state index contributed by atoms with van der Waals surface area (Å²) in [4.78, 5) is 37.2. The summed E-state index contributed by atoms with van der Waals surface area (Å²) in [6, 6.07) is 6.17. The van der Waals surface area contributed by atoms with Gasteiger partial charge in [0.25, 0.3) is 11.8 Å². The van der Waals surface area contributed by atoms with Gasteiger partial charge in [-0.25, -0.2) is 0 Å². The van der Waals surface area contributed by atoms with E-state index in [4.69, 9.17) is 5.73 Å². The number of nitrogens with zero attached hydrogens (tertiary/aromatic N) is 1. The number of ketones is 1. The summed E-state index contributed by atoms with van der Waals surface area (Å²) in [5.74, 6) is -2.19. The molecule has 0 bridgehead atoms. The minimum Gasteiger partial charge on any atom is -0.364 e. The van der Waals surface area contributed by atoms with Crippen molar-refractivity contribution < 1.29 is 14.4 Å². The third-order valence-electron chi connectivity index (χ3n) is 2.06.